The summed E-state index contributed by atoms with van der Waals surface area (Å²) in [7, 11) is 0. The molecule has 0 radical (unpaired) electrons. The number of nitrogens with zero attached hydrogens (tertiary/aromatic N) is 1. The molecule has 1 amide bonds. The van der Waals surface area contributed by atoms with E-state index in [1.54, 1.807) is 18.3 Å². The number of hydrogen-bond acceptors (Lipinski definition) is 2. The number of rotatable bonds is 3. The Morgan fingerprint density at radius 2 is 1.78 bits per heavy atom. The van der Waals surface area contributed by atoms with Crippen molar-refractivity contribution >= 4 is 11.6 Å². The molecule has 1 aromatic heterocycles. The van der Waals surface area contributed by atoms with Crippen LogP contribution in [-0.4, -0.2) is 10.9 Å². The molecule has 0 aliphatic heterocycles. The van der Waals surface area contributed by atoms with Gasteiger partial charge in [0.1, 0.15) is 5.82 Å². The molecule has 0 aliphatic rings. The van der Waals surface area contributed by atoms with E-state index in [9.17, 15) is 9.18 Å². The second kappa shape index (κ2) is 6.40. The van der Waals surface area contributed by atoms with Gasteiger partial charge in [0.15, 0.2) is 0 Å². The summed E-state index contributed by atoms with van der Waals surface area (Å²) < 4.78 is 13.3. The molecule has 3 rings (SSSR count). The van der Waals surface area contributed by atoms with E-state index in [1.165, 1.54) is 18.3 Å². The largest absolute Gasteiger partial charge is 0.322 e. The summed E-state index contributed by atoms with van der Waals surface area (Å²) in [6.45, 7) is 1.81. The van der Waals surface area contributed by atoms with E-state index in [2.05, 4.69) is 10.3 Å². The number of benzene rings is 2. The monoisotopic (exact) mass is 306 g/mol. The van der Waals surface area contributed by atoms with Crippen molar-refractivity contribution in [2.75, 3.05) is 5.32 Å². The predicted octanol–water partition coefficient (Wildman–Crippen LogP) is 4.45. The molecule has 0 bridgehead atoms. The average molecular weight is 306 g/mol. The standard InChI is InChI=1S/C19H15FN2O/c1-13-7-8-17(20)10-18(13)22-19(23)16-9-15(11-21-12-16)14-5-3-2-4-6-14/h2-12H,1H3,(H,22,23). The summed E-state index contributed by atoms with van der Waals surface area (Å²) in [5.41, 5.74) is 3.52. The van der Waals surface area contributed by atoms with Gasteiger partial charge in [-0.2, -0.15) is 0 Å². The van der Waals surface area contributed by atoms with Gasteiger partial charge in [0.05, 0.1) is 5.56 Å². The van der Waals surface area contributed by atoms with Crippen LogP contribution in [0.25, 0.3) is 11.1 Å². The van der Waals surface area contributed by atoms with Crippen LogP contribution in [0.5, 0.6) is 0 Å². The lowest BCUT2D eigenvalue weighted by molar-refractivity contribution is 0.102. The van der Waals surface area contributed by atoms with E-state index in [0.29, 0.717) is 11.3 Å². The molecule has 23 heavy (non-hydrogen) atoms. The Bertz CT molecular complexity index is 847. The van der Waals surface area contributed by atoms with Crippen molar-refractivity contribution in [2.45, 2.75) is 6.92 Å². The summed E-state index contributed by atoms with van der Waals surface area (Å²) in [6.07, 6.45) is 3.20. The van der Waals surface area contributed by atoms with Gasteiger partial charge in [0, 0.05) is 23.6 Å². The molecule has 4 heteroatoms. The number of aryl methyl sites for hydroxylation is 1. The number of halogens is 1. The lowest BCUT2D eigenvalue weighted by atomic mass is 10.1. The van der Waals surface area contributed by atoms with Gasteiger partial charge in [0.25, 0.3) is 5.91 Å². The number of nitrogens with one attached hydrogen (secondary N) is 1. The van der Waals surface area contributed by atoms with Crippen LogP contribution in [0, 0.1) is 12.7 Å². The molecule has 0 atom stereocenters. The van der Waals surface area contributed by atoms with Crippen LogP contribution in [0.15, 0.2) is 67.0 Å². The van der Waals surface area contributed by atoms with E-state index in [0.717, 1.165) is 16.7 Å². The fraction of sp³-hybridized carbons (Fsp3) is 0.0526. The minimum absolute atomic E-state index is 0.316. The van der Waals surface area contributed by atoms with Gasteiger partial charge in [-0.1, -0.05) is 36.4 Å². The minimum atomic E-state index is -0.387. The topological polar surface area (TPSA) is 42.0 Å². The Labute approximate surface area is 133 Å². The lowest BCUT2D eigenvalue weighted by Crippen LogP contribution is -2.13. The molecule has 3 aromatic rings. The lowest BCUT2D eigenvalue weighted by Gasteiger charge is -2.09. The van der Waals surface area contributed by atoms with Crippen molar-refractivity contribution in [2.24, 2.45) is 0 Å². The van der Waals surface area contributed by atoms with E-state index in [-0.39, 0.29) is 11.7 Å². The van der Waals surface area contributed by atoms with E-state index < -0.39 is 0 Å². The predicted molar refractivity (Wildman–Crippen MR) is 88.8 cm³/mol. The molecule has 3 nitrogen and oxygen atoms in total. The van der Waals surface area contributed by atoms with Crippen molar-refractivity contribution in [3.8, 4) is 11.1 Å². The van der Waals surface area contributed by atoms with Crippen molar-refractivity contribution in [1.82, 2.24) is 4.98 Å². The van der Waals surface area contributed by atoms with Crippen LogP contribution in [-0.2, 0) is 0 Å². The third-order valence-electron chi connectivity index (χ3n) is 3.56. The molecule has 114 valence electrons. The number of carbonyl (C=O) groups excluding carboxylic acids is 1. The van der Waals surface area contributed by atoms with Gasteiger partial charge in [-0.3, -0.25) is 9.78 Å². The Morgan fingerprint density at radius 3 is 2.57 bits per heavy atom. The van der Waals surface area contributed by atoms with Crippen LogP contribution in [0.2, 0.25) is 0 Å². The molecule has 0 spiro atoms. The molecule has 1 N–H and O–H groups in total. The quantitative estimate of drug-likeness (QED) is 0.777. The molecule has 0 unspecified atom stereocenters. The molecular formula is C19H15FN2O. The highest BCUT2D eigenvalue weighted by molar-refractivity contribution is 6.05. The van der Waals surface area contributed by atoms with Crippen molar-refractivity contribution in [1.29, 1.82) is 0 Å². The minimum Gasteiger partial charge on any atom is -0.322 e. The van der Waals surface area contributed by atoms with Crippen molar-refractivity contribution in [3.63, 3.8) is 0 Å². The first-order valence-electron chi connectivity index (χ1n) is 7.21. The maximum atomic E-state index is 13.3. The zero-order valence-electron chi connectivity index (χ0n) is 12.6. The summed E-state index contributed by atoms with van der Waals surface area (Å²) in [5, 5.41) is 2.73. The van der Waals surface area contributed by atoms with Gasteiger partial charge in [-0.25, -0.2) is 4.39 Å². The highest BCUT2D eigenvalue weighted by atomic mass is 19.1. The third-order valence-corrected chi connectivity index (χ3v) is 3.56. The smallest absolute Gasteiger partial charge is 0.257 e. The fourth-order valence-corrected chi connectivity index (χ4v) is 2.28. The zero-order chi connectivity index (χ0) is 16.2. The Balaban J connectivity index is 1.87. The van der Waals surface area contributed by atoms with Gasteiger partial charge in [0.2, 0.25) is 0 Å². The first kappa shape index (κ1) is 14.9. The molecule has 0 aliphatic carbocycles. The van der Waals surface area contributed by atoms with Crippen LogP contribution in [0.3, 0.4) is 0 Å². The molecule has 0 saturated heterocycles. The second-order valence-corrected chi connectivity index (χ2v) is 5.24. The van der Waals surface area contributed by atoms with Crippen LogP contribution < -0.4 is 5.32 Å². The van der Waals surface area contributed by atoms with Crippen LogP contribution >= 0.6 is 0 Å². The number of aromatic nitrogens is 1. The number of pyridine rings is 1. The third kappa shape index (κ3) is 3.43. The molecule has 1 heterocycles. The number of anilines is 1. The Hall–Kier alpha value is -3.01. The van der Waals surface area contributed by atoms with Crippen molar-refractivity contribution < 1.29 is 9.18 Å². The number of carbonyl (C=O) groups is 1. The summed E-state index contributed by atoms with van der Waals surface area (Å²) in [6, 6.07) is 15.8. The van der Waals surface area contributed by atoms with Crippen LogP contribution in [0.4, 0.5) is 10.1 Å². The Morgan fingerprint density at radius 1 is 1.00 bits per heavy atom. The van der Waals surface area contributed by atoms with Gasteiger partial charge in [-0.05, 0) is 36.2 Å². The first-order valence-corrected chi connectivity index (χ1v) is 7.21. The second-order valence-electron chi connectivity index (χ2n) is 5.24. The summed E-state index contributed by atoms with van der Waals surface area (Å²) >= 11 is 0. The Kier molecular flexibility index (Phi) is 4.15. The highest BCUT2D eigenvalue weighted by Gasteiger charge is 2.10. The van der Waals surface area contributed by atoms with E-state index >= 15 is 0 Å². The van der Waals surface area contributed by atoms with E-state index in [1.807, 2.05) is 37.3 Å². The normalized spacial score (nSPS) is 10.3. The molecule has 2 aromatic carbocycles. The summed E-state index contributed by atoms with van der Waals surface area (Å²) in [4.78, 5) is 16.5. The molecule has 0 saturated carbocycles. The zero-order valence-corrected chi connectivity index (χ0v) is 12.6. The number of amides is 1. The molecular weight excluding hydrogens is 291 g/mol. The van der Waals surface area contributed by atoms with Gasteiger partial charge >= 0.3 is 0 Å². The van der Waals surface area contributed by atoms with Crippen molar-refractivity contribution in [3.05, 3.63) is 83.9 Å². The number of hydrogen-bond donors (Lipinski definition) is 1. The molecule has 0 fully saturated rings. The summed E-state index contributed by atoms with van der Waals surface area (Å²) in [5.74, 6) is -0.703. The van der Waals surface area contributed by atoms with Gasteiger partial charge in [-0.15, -0.1) is 0 Å². The maximum absolute atomic E-state index is 13.3. The maximum Gasteiger partial charge on any atom is 0.257 e. The first-order chi connectivity index (χ1) is 11.1. The highest BCUT2D eigenvalue weighted by Crippen LogP contribution is 2.21. The SMILES string of the molecule is Cc1ccc(F)cc1NC(=O)c1cncc(-c2ccccc2)c1. The van der Waals surface area contributed by atoms with E-state index in [4.69, 9.17) is 0 Å². The fourth-order valence-electron chi connectivity index (χ4n) is 2.28. The van der Waals surface area contributed by atoms with Crippen LogP contribution in [0.1, 0.15) is 15.9 Å². The average Bonchev–Trinajstić information content (AvgIpc) is 2.59. The van der Waals surface area contributed by atoms with Gasteiger partial charge < -0.3 is 5.32 Å².